The maximum Gasteiger partial charge on any atom is 0.191 e. The maximum atomic E-state index is 5.69. The van der Waals surface area contributed by atoms with Crippen molar-refractivity contribution in [2.45, 2.75) is 18.4 Å². The smallest absolute Gasteiger partial charge is 0.191 e. The molecule has 1 N–H and O–H groups in total. The number of hydrogen-bond donors (Lipinski definition) is 1. The van der Waals surface area contributed by atoms with Gasteiger partial charge in [0.2, 0.25) is 0 Å². The third-order valence-electron chi connectivity index (χ3n) is 6.31. The minimum absolute atomic E-state index is 0.608. The first-order valence-electron chi connectivity index (χ1n) is 11.5. The summed E-state index contributed by atoms with van der Waals surface area (Å²) in [4.78, 5) is 5.78. The molecule has 0 radical (unpaired) electrons. The molecule has 0 unspecified atom stereocenters. The van der Waals surface area contributed by atoms with Crippen LogP contribution in [0.15, 0.2) is 52.1 Å². The van der Waals surface area contributed by atoms with E-state index in [9.17, 15) is 0 Å². The average Bonchev–Trinajstić information content (AvgIpc) is 3.53. The molecule has 0 bridgehead atoms. The second kappa shape index (κ2) is 10.1. The van der Waals surface area contributed by atoms with Crippen LogP contribution in [-0.2, 0) is 6.54 Å². The zero-order valence-corrected chi connectivity index (χ0v) is 21.3. The molecular weight excluding hydrogens is 464 g/mol. The third-order valence-corrected chi connectivity index (χ3v) is 7.14. The molecule has 3 heterocycles. The Morgan fingerprint density at radius 3 is 2.57 bits per heavy atom. The monoisotopic (exact) mass is 494 g/mol. The predicted octanol–water partition coefficient (Wildman–Crippen LogP) is 4.27. The Labute approximate surface area is 209 Å². The molecule has 0 spiro atoms. The minimum atomic E-state index is 0.608. The van der Waals surface area contributed by atoms with Crippen molar-refractivity contribution < 1.29 is 14.0 Å². The Bertz CT molecular complexity index is 1300. The highest BCUT2D eigenvalue weighted by Gasteiger charge is 2.20. The van der Waals surface area contributed by atoms with Gasteiger partial charge in [0.15, 0.2) is 11.4 Å². The second-order valence-corrected chi connectivity index (χ2v) is 9.54. The summed E-state index contributed by atoms with van der Waals surface area (Å²) >= 11 is 1.45. The number of aromatic nitrogens is 3. The highest BCUT2D eigenvalue weighted by Crippen LogP contribution is 2.39. The van der Waals surface area contributed by atoms with Crippen LogP contribution in [0.1, 0.15) is 11.1 Å². The van der Waals surface area contributed by atoms with E-state index in [1.54, 1.807) is 20.4 Å². The molecule has 1 saturated heterocycles. The zero-order valence-electron chi connectivity index (χ0n) is 20.4. The fraction of sp³-hybridized carbons (Fsp3) is 0.360. The van der Waals surface area contributed by atoms with E-state index >= 15 is 0 Å². The van der Waals surface area contributed by atoms with Gasteiger partial charge in [0.05, 0.1) is 25.7 Å². The van der Waals surface area contributed by atoms with Crippen LogP contribution >= 0.6 is 11.9 Å². The Morgan fingerprint density at radius 2 is 1.86 bits per heavy atom. The number of aryl methyl sites for hydroxylation is 1. The van der Waals surface area contributed by atoms with Crippen LogP contribution < -0.4 is 19.1 Å². The molecule has 0 atom stereocenters. The normalized spacial score (nSPS) is 14.5. The number of nitrogens with zero attached hydrogens (tertiary/aromatic N) is 5. The van der Waals surface area contributed by atoms with E-state index in [-0.39, 0.29) is 0 Å². The Hall–Kier alpha value is -3.37. The molecule has 9 nitrogen and oxygen atoms in total. The topological polar surface area (TPSA) is 80.8 Å². The summed E-state index contributed by atoms with van der Waals surface area (Å²) in [6.45, 7) is 6.88. The van der Waals surface area contributed by atoms with Gasteiger partial charge in [-0.15, -0.1) is 0 Å². The van der Waals surface area contributed by atoms with Crippen molar-refractivity contribution >= 4 is 34.4 Å². The molecule has 0 amide bonds. The summed E-state index contributed by atoms with van der Waals surface area (Å²) in [5.74, 6) is 2.12. The predicted molar refractivity (Wildman–Crippen MR) is 139 cm³/mol. The molecule has 35 heavy (non-hydrogen) atoms. The van der Waals surface area contributed by atoms with Gasteiger partial charge in [0, 0.05) is 44.3 Å². The van der Waals surface area contributed by atoms with Crippen molar-refractivity contribution in [1.82, 2.24) is 19.8 Å². The molecule has 5 rings (SSSR count). The lowest BCUT2D eigenvalue weighted by Crippen LogP contribution is -2.44. The fourth-order valence-corrected chi connectivity index (χ4v) is 5.13. The lowest BCUT2D eigenvalue weighted by atomic mass is 10.1. The van der Waals surface area contributed by atoms with E-state index in [0.29, 0.717) is 23.7 Å². The van der Waals surface area contributed by atoms with Gasteiger partial charge in [-0.05, 0) is 67.4 Å². The molecule has 2 aromatic heterocycles. The van der Waals surface area contributed by atoms with E-state index in [1.807, 2.05) is 29.1 Å². The van der Waals surface area contributed by atoms with Gasteiger partial charge >= 0.3 is 0 Å². The molecule has 1 aliphatic rings. The lowest BCUT2D eigenvalue weighted by Gasteiger charge is -2.35. The number of fused-ring (bicyclic) bond motifs is 1. The fourth-order valence-electron chi connectivity index (χ4n) is 4.37. The average molecular weight is 495 g/mol. The van der Waals surface area contributed by atoms with Crippen molar-refractivity contribution in [3.63, 3.8) is 0 Å². The first-order chi connectivity index (χ1) is 17.1. The number of likely N-dealkylation sites (N-methyl/N-ethyl adjacent to an activating group) is 1. The SMILES string of the molecule is COc1cc(C)c(N2CCN(C)CC2)cc1SNc1noc2cc(Cn3cccn3)cc(OC)c12. The number of benzene rings is 2. The van der Waals surface area contributed by atoms with E-state index in [0.717, 1.165) is 47.8 Å². The molecule has 2 aromatic carbocycles. The lowest BCUT2D eigenvalue weighted by molar-refractivity contribution is 0.312. The number of rotatable bonds is 8. The maximum absolute atomic E-state index is 5.69. The van der Waals surface area contributed by atoms with Crippen molar-refractivity contribution in [3.05, 3.63) is 53.9 Å². The summed E-state index contributed by atoms with van der Waals surface area (Å²) < 4.78 is 22.3. The van der Waals surface area contributed by atoms with Crippen molar-refractivity contribution in [2.24, 2.45) is 0 Å². The van der Waals surface area contributed by atoms with E-state index in [1.165, 1.54) is 23.2 Å². The van der Waals surface area contributed by atoms with Gasteiger partial charge in [-0.3, -0.25) is 4.68 Å². The van der Waals surface area contributed by atoms with Crippen LogP contribution in [0.5, 0.6) is 11.5 Å². The van der Waals surface area contributed by atoms with Crippen LogP contribution in [-0.4, -0.2) is 67.3 Å². The van der Waals surface area contributed by atoms with E-state index < -0.39 is 0 Å². The molecule has 1 aliphatic heterocycles. The minimum Gasteiger partial charge on any atom is -0.496 e. The van der Waals surface area contributed by atoms with Gasteiger partial charge in [0.1, 0.15) is 16.9 Å². The van der Waals surface area contributed by atoms with E-state index in [4.69, 9.17) is 14.0 Å². The number of ether oxygens (including phenoxy) is 2. The quantitative estimate of drug-likeness (QED) is 0.361. The summed E-state index contributed by atoms with van der Waals surface area (Å²) in [6.07, 6.45) is 3.68. The summed E-state index contributed by atoms with van der Waals surface area (Å²) in [5, 5.41) is 9.36. The Kier molecular flexibility index (Phi) is 6.74. The molecule has 0 aliphatic carbocycles. The number of methoxy groups -OCH3 is 2. The number of hydrogen-bond acceptors (Lipinski definition) is 9. The van der Waals surface area contributed by atoms with Crippen LogP contribution in [0.3, 0.4) is 0 Å². The van der Waals surface area contributed by atoms with Gasteiger partial charge in [-0.2, -0.15) is 5.10 Å². The molecule has 184 valence electrons. The Morgan fingerprint density at radius 1 is 1.06 bits per heavy atom. The van der Waals surface area contributed by atoms with Crippen LogP contribution in [0.25, 0.3) is 11.0 Å². The van der Waals surface area contributed by atoms with Crippen molar-refractivity contribution in [2.75, 3.05) is 57.1 Å². The standard InChI is InChI=1S/C25H30N6O3S/c1-17-12-20(32-3)23(15-19(17)30-10-8-29(2)9-11-30)35-28-25-24-21(33-4)13-18(14-22(24)34-27-25)16-31-7-5-6-26-31/h5-7,12-15H,8-11,16H2,1-4H3,(H,27,28). The van der Waals surface area contributed by atoms with E-state index in [2.05, 4.69) is 50.9 Å². The zero-order chi connectivity index (χ0) is 24.4. The molecule has 1 fully saturated rings. The van der Waals surface area contributed by atoms with Gasteiger partial charge in [-0.25, -0.2) is 0 Å². The molecule has 4 aromatic rings. The third kappa shape index (κ3) is 4.89. The van der Waals surface area contributed by atoms with Crippen molar-refractivity contribution in [3.8, 4) is 11.5 Å². The number of piperazine rings is 1. The highest BCUT2D eigenvalue weighted by atomic mass is 32.2. The van der Waals surface area contributed by atoms with Crippen LogP contribution in [0, 0.1) is 6.92 Å². The summed E-state index contributed by atoms with van der Waals surface area (Å²) in [6, 6.07) is 10.2. The van der Waals surface area contributed by atoms with Gasteiger partial charge in [-0.1, -0.05) is 5.16 Å². The van der Waals surface area contributed by atoms with Crippen molar-refractivity contribution in [1.29, 1.82) is 0 Å². The number of nitrogens with one attached hydrogen (secondary N) is 1. The second-order valence-electron chi connectivity index (χ2n) is 8.69. The first-order valence-corrected chi connectivity index (χ1v) is 12.4. The van der Waals surface area contributed by atoms with Gasteiger partial charge in [0.25, 0.3) is 0 Å². The summed E-state index contributed by atoms with van der Waals surface area (Å²) in [5.41, 5.74) is 4.11. The largest absolute Gasteiger partial charge is 0.496 e. The molecular formula is C25H30N6O3S. The van der Waals surface area contributed by atoms with Gasteiger partial charge < -0.3 is 28.5 Å². The van der Waals surface area contributed by atoms with Crippen LogP contribution in [0.2, 0.25) is 0 Å². The Balaban J connectivity index is 1.40. The molecule has 0 saturated carbocycles. The number of anilines is 2. The highest BCUT2D eigenvalue weighted by molar-refractivity contribution is 8.00. The summed E-state index contributed by atoms with van der Waals surface area (Å²) in [7, 11) is 5.52. The van der Waals surface area contributed by atoms with Crippen LogP contribution in [0.4, 0.5) is 11.5 Å². The first kappa shape index (κ1) is 23.4. The molecule has 10 heteroatoms.